The predicted molar refractivity (Wildman–Crippen MR) is 92.3 cm³/mol. The molecule has 0 heterocycles. The molecular weight excluding hydrogens is 350 g/mol. The first-order valence-corrected chi connectivity index (χ1v) is 8.07. The van der Waals surface area contributed by atoms with E-state index in [1.807, 2.05) is 51.2 Å². The van der Waals surface area contributed by atoms with E-state index < -0.39 is 0 Å². The van der Waals surface area contributed by atoms with Gasteiger partial charge in [0.2, 0.25) is 0 Å². The summed E-state index contributed by atoms with van der Waals surface area (Å²) in [6, 6.07) is 14.1. The minimum Gasteiger partial charge on any atom is -0.491 e. The number of para-hydroxylation sites is 1. The van der Waals surface area contributed by atoms with Crippen LogP contribution < -0.4 is 10.1 Å². The van der Waals surface area contributed by atoms with Crippen LogP contribution in [0.5, 0.6) is 5.75 Å². The largest absolute Gasteiger partial charge is 0.491 e. The smallest absolute Gasteiger partial charge is 0.124 e. The molecule has 2 aromatic carbocycles. The van der Waals surface area contributed by atoms with E-state index in [9.17, 15) is 0 Å². The van der Waals surface area contributed by atoms with Crippen molar-refractivity contribution in [3.05, 3.63) is 63.1 Å². The van der Waals surface area contributed by atoms with Crippen molar-refractivity contribution >= 4 is 27.5 Å². The van der Waals surface area contributed by atoms with Crippen LogP contribution in [0.15, 0.2) is 46.9 Å². The summed E-state index contributed by atoms with van der Waals surface area (Å²) < 4.78 is 6.82. The molecule has 0 spiro atoms. The SMILES string of the molecule is CNC(c1ccc(Br)c(Cl)c1)c1ccccc1OC(C)C. The Labute approximate surface area is 139 Å². The lowest BCUT2D eigenvalue weighted by atomic mass is 9.98. The molecule has 1 atom stereocenters. The van der Waals surface area contributed by atoms with Gasteiger partial charge in [-0.15, -0.1) is 0 Å². The normalized spacial score (nSPS) is 12.5. The Bertz CT molecular complexity index is 615. The Hall–Kier alpha value is -1.03. The number of nitrogens with one attached hydrogen (secondary N) is 1. The van der Waals surface area contributed by atoms with Crippen molar-refractivity contribution in [1.29, 1.82) is 0 Å². The Balaban J connectivity index is 2.43. The summed E-state index contributed by atoms with van der Waals surface area (Å²) in [7, 11) is 1.94. The van der Waals surface area contributed by atoms with Gasteiger partial charge >= 0.3 is 0 Å². The Kier molecular flexibility index (Phi) is 5.68. The van der Waals surface area contributed by atoms with Gasteiger partial charge in [0, 0.05) is 10.0 Å². The van der Waals surface area contributed by atoms with Crippen molar-refractivity contribution < 1.29 is 4.74 Å². The van der Waals surface area contributed by atoms with Gasteiger partial charge in [-0.3, -0.25) is 0 Å². The Morgan fingerprint density at radius 1 is 1.14 bits per heavy atom. The van der Waals surface area contributed by atoms with Crippen molar-refractivity contribution in [1.82, 2.24) is 5.32 Å². The van der Waals surface area contributed by atoms with Crippen LogP contribution >= 0.6 is 27.5 Å². The fourth-order valence-corrected chi connectivity index (χ4v) is 2.71. The summed E-state index contributed by atoms with van der Waals surface area (Å²) in [5.74, 6) is 0.894. The fraction of sp³-hybridized carbons (Fsp3) is 0.294. The highest BCUT2D eigenvalue weighted by molar-refractivity contribution is 9.10. The van der Waals surface area contributed by atoms with Gasteiger partial charge in [0.1, 0.15) is 5.75 Å². The van der Waals surface area contributed by atoms with Gasteiger partial charge in [0.05, 0.1) is 17.2 Å². The summed E-state index contributed by atoms with van der Waals surface area (Å²) in [5.41, 5.74) is 2.21. The quantitative estimate of drug-likeness (QED) is 0.783. The third kappa shape index (κ3) is 4.00. The van der Waals surface area contributed by atoms with Crippen molar-refractivity contribution in [3.8, 4) is 5.75 Å². The molecule has 0 saturated heterocycles. The molecule has 112 valence electrons. The second-order valence-corrected chi connectivity index (χ2v) is 6.36. The molecule has 21 heavy (non-hydrogen) atoms. The first-order valence-electron chi connectivity index (χ1n) is 6.90. The zero-order chi connectivity index (χ0) is 15.4. The maximum Gasteiger partial charge on any atom is 0.124 e. The summed E-state index contributed by atoms with van der Waals surface area (Å²) in [4.78, 5) is 0. The van der Waals surface area contributed by atoms with Crippen LogP contribution in [0, 0.1) is 0 Å². The molecule has 0 aromatic heterocycles. The maximum atomic E-state index is 6.22. The van der Waals surface area contributed by atoms with E-state index in [1.54, 1.807) is 0 Å². The van der Waals surface area contributed by atoms with Gasteiger partial charge in [-0.25, -0.2) is 0 Å². The van der Waals surface area contributed by atoms with E-state index in [-0.39, 0.29) is 12.1 Å². The zero-order valence-corrected chi connectivity index (χ0v) is 14.7. The second kappa shape index (κ2) is 7.30. The van der Waals surface area contributed by atoms with Gasteiger partial charge in [-0.1, -0.05) is 35.9 Å². The molecule has 0 aliphatic rings. The topological polar surface area (TPSA) is 21.3 Å². The molecule has 0 bridgehead atoms. The molecule has 0 radical (unpaired) electrons. The van der Waals surface area contributed by atoms with Crippen molar-refractivity contribution in [2.75, 3.05) is 7.05 Å². The van der Waals surface area contributed by atoms with Crippen LogP contribution in [-0.2, 0) is 0 Å². The van der Waals surface area contributed by atoms with Crippen LogP contribution in [0.2, 0.25) is 5.02 Å². The molecule has 2 rings (SSSR count). The number of hydrogen-bond acceptors (Lipinski definition) is 2. The molecule has 2 aromatic rings. The number of ether oxygens (including phenoxy) is 1. The monoisotopic (exact) mass is 367 g/mol. The molecule has 0 fully saturated rings. The molecular formula is C17H19BrClNO. The van der Waals surface area contributed by atoms with Gasteiger partial charge < -0.3 is 10.1 Å². The Morgan fingerprint density at radius 2 is 1.86 bits per heavy atom. The predicted octanol–water partition coefficient (Wildman–Crippen LogP) is 5.20. The van der Waals surface area contributed by atoms with Gasteiger partial charge in [0.15, 0.2) is 0 Å². The maximum absolute atomic E-state index is 6.22. The van der Waals surface area contributed by atoms with Crippen LogP contribution in [0.3, 0.4) is 0 Å². The van der Waals surface area contributed by atoms with Crippen molar-refractivity contribution in [2.24, 2.45) is 0 Å². The summed E-state index contributed by atoms with van der Waals surface area (Å²) in [6.45, 7) is 4.06. The molecule has 2 nitrogen and oxygen atoms in total. The molecule has 0 aliphatic carbocycles. The van der Waals surface area contributed by atoms with Crippen molar-refractivity contribution in [2.45, 2.75) is 26.0 Å². The number of benzene rings is 2. The van der Waals surface area contributed by atoms with Crippen LogP contribution in [0.4, 0.5) is 0 Å². The van der Waals surface area contributed by atoms with E-state index in [0.29, 0.717) is 5.02 Å². The lowest BCUT2D eigenvalue weighted by Crippen LogP contribution is -2.19. The first-order chi connectivity index (χ1) is 10.0. The first kappa shape index (κ1) is 16.3. The average molecular weight is 369 g/mol. The van der Waals surface area contributed by atoms with Crippen molar-refractivity contribution in [3.63, 3.8) is 0 Å². The molecule has 0 saturated carbocycles. The van der Waals surface area contributed by atoms with E-state index in [4.69, 9.17) is 16.3 Å². The number of hydrogen-bond donors (Lipinski definition) is 1. The average Bonchev–Trinajstić information content (AvgIpc) is 2.44. The third-order valence-electron chi connectivity index (χ3n) is 3.16. The molecule has 0 aliphatic heterocycles. The molecule has 1 N–H and O–H groups in total. The van der Waals surface area contributed by atoms with Crippen LogP contribution in [0.1, 0.15) is 31.0 Å². The lowest BCUT2D eigenvalue weighted by molar-refractivity contribution is 0.238. The fourth-order valence-electron chi connectivity index (χ4n) is 2.27. The number of halogens is 2. The molecule has 0 amide bonds. The van der Waals surface area contributed by atoms with Gasteiger partial charge in [0.25, 0.3) is 0 Å². The molecule has 1 unspecified atom stereocenters. The summed E-state index contributed by atoms with van der Waals surface area (Å²) in [5, 5.41) is 4.04. The van der Waals surface area contributed by atoms with Crippen LogP contribution in [0.25, 0.3) is 0 Å². The lowest BCUT2D eigenvalue weighted by Gasteiger charge is -2.22. The Morgan fingerprint density at radius 3 is 2.48 bits per heavy atom. The third-order valence-corrected chi connectivity index (χ3v) is 4.39. The zero-order valence-electron chi connectivity index (χ0n) is 12.4. The van der Waals surface area contributed by atoms with E-state index in [0.717, 1.165) is 21.3 Å². The highest BCUT2D eigenvalue weighted by atomic mass is 79.9. The summed E-state index contributed by atoms with van der Waals surface area (Å²) >= 11 is 9.65. The number of rotatable bonds is 5. The second-order valence-electron chi connectivity index (χ2n) is 5.10. The standard InChI is InChI=1S/C17H19BrClNO/c1-11(2)21-16-7-5-4-6-13(16)17(20-3)12-8-9-14(18)15(19)10-12/h4-11,17,20H,1-3H3. The van der Waals surface area contributed by atoms with Crippen LogP contribution in [-0.4, -0.2) is 13.2 Å². The van der Waals surface area contributed by atoms with Gasteiger partial charge in [-0.2, -0.15) is 0 Å². The molecule has 4 heteroatoms. The highest BCUT2D eigenvalue weighted by Crippen LogP contribution is 2.33. The van der Waals surface area contributed by atoms with Gasteiger partial charge in [-0.05, 0) is 60.6 Å². The minimum atomic E-state index is 0.0329. The summed E-state index contributed by atoms with van der Waals surface area (Å²) in [6.07, 6.45) is 0.136. The van der Waals surface area contributed by atoms with E-state index in [1.165, 1.54) is 0 Å². The highest BCUT2D eigenvalue weighted by Gasteiger charge is 2.17. The van der Waals surface area contributed by atoms with E-state index >= 15 is 0 Å². The van der Waals surface area contributed by atoms with E-state index in [2.05, 4.69) is 33.4 Å². The minimum absolute atomic E-state index is 0.0329.